The Labute approximate surface area is 201 Å². The zero-order valence-corrected chi connectivity index (χ0v) is 20.9. The number of ether oxygens (including phenoxy) is 1. The predicted molar refractivity (Wildman–Crippen MR) is 136 cm³/mol. The summed E-state index contributed by atoms with van der Waals surface area (Å²) >= 11 is 0. The van der Waals surface area contributed by atoms with E-state index >= 15 is 0 Å². The first kappa shape index (κ1) is 27.2. The van der Waals surface area contributed by atoms with Gasteiger partial charge in [0.25, 0.3) is 0 Å². The highest BCUT2D eigenvalue weighted by atomic mass is 16.5. The number of amides is 2. The fourth-order valence-corrected chi connectivity index (χ4v) is 3.51. The Balaban J connectivity index is 1.85. The first-order valence-corrected chi connectivity index (χ1v) is 11.8. The number of aliphatic carboxylic acids is 1. The van der Waals surface area contributed by atoms with Crippen molar-refractivity contribution in [3.05, 3.63) is 30.0 Å². The van der Waals surface area contributed by atoms with Crippen molar-refractivity contribution in [3.63, 3.8) is 0 Å². The number of pyridine rings is 1. The summed E-state index contributed by atoms with van der Waals surface area (Å²) in [4.78, 5) is 27.5. The van der Waals surface area contributed by atoms with Gasteiger partial charge in [0.1, 0.15) is 11.8 Å². The van der Waals surface area contributed by atoms with Crippen LogP contribution in [0.4, 0.5) is 10.5 Å². The molecule has 2 rings (SSSR count). The molecule has 2 atom stereocenters. The Kier molecular flexibility index (Phi) is 9.92. The number of nitrogens with zero attached hydrogens (tertiary/aromatic N) is 1. The van der Waals surface area contributed by atoms with Gasteiger partial charge in [-0.2, -0.15) is 0 Å². The van der Waals surface area contributed by atoms with Crippen molar-refractivity contribution in [1.29, 1.82) is 0 Å². The van der Waals surface area contributed by atoms with Crippen molar-refractivity contribution in [2.75, 3.05) is 25.5 Å². The minimum Gasteiger partial charge on any atom is -0.497 e. The maximum Gasteiger partial charge on any atom is 0.320 e. The van der Waals surface area contributed by atoms with Gasteiger partial charge in [0.2, 0.25) is 0 Å². The zero-order valence-electron chi connectivity index (χ0n) is 20.9. The third-order valence-electron chi connectivity index (χ3n) is 5.57. The number of aromatic nitrogens is 1. The molecule has 34 heavy (non-hydrogen) atoms. The van der Waals surface area contributed by atoms with Gasteiger partial charge in [0.05, 0.1) is 18.3 Å². The molecular formula is C25H39N5O4. The maximum absolute atomic E-state index is 11.9. The Hall–Kier alpha value is -3.07. The summed E-state index contributed by atoms with van der Waals surface area (Å²) < 4.78 is 5.47. The van der Waals surface area contributed by atoms with Gasteiger partial charge in [0, 0.05) is 41.7 Å². The van der Waals surface area contributed by atoms with Crippen LogP contribution in [-0.2, 0) is 10.2 Å². The van der Waals surface area contributed by atoms with E-state index in [1.807, 2.05) is 12.1 Å². The van der Waals surface area contributed by atoms with Crippen LogP contribution in [0.3, 0.4) is 0 Å². The number of hydrogen-bond donors (Lipinski definition) is 5. The number of anilines is 1. The van der Waals surface area contributed by atoms with Gasteiger partial charge < -0.3 is 31.5 Å². The van der Waals surface area contributed by atoms with Gasteiger partial charge in [-0.1, -0.05) is 26.8 Å². The molecule has 6 N–H and O–H groups in total. The second-order valence-corrected chi connectivity index (χ2v) is 9.65. The molecule has 0 bridgehead atoms. The normalized spacial score (nSPS) is 13.2. The summed E-state index contributed by atoms with van der Waals surface area (Å²) in [5.74, 6) is -0.255. The van der Waals surface area contributed by atoms with Crippen LogP contribution < -0.4 is 26.4 Å². The standard InChI is InChI=1S/C25H39N5O4/c1-16(8-6-12-27-24(33)28-13-7-9-19(26)23(31)32)29-20-15-18(34-5)14-17-10-11-21(25(2,3)4)30-22(17)20/h10-11,14-16,19,29H,6-9,12-13,26H2,1-5H3,(H,31,32)(H2,27,28,33)/t16?,19-/m0/s1. The molecule has 188 valence electrons. The Morgan fingerprint density at radius 2 is 1.76 bits per heavy atom. The van der Waals surface area contributed by atoms with Crippen molar-refractivity contribution < 1.29 is 19.4 Å². The first-order chi connectivity index (χ1) is 16.0. The van der Waals surface area contributed by atoms with E-state index in [-0.39, 0.29) is 17.5 Å². The lowest BCUT2D eigenvalue weighted by Crippen LogP contribution is -2.37. The molecule has 2 amide bonds. The molecule has 0 spiro atoms. The third kappa shape index (κ3) is 8.37. The summed E-state index contributed by atoms with van der Waals surface area (Å²) in [5.41, 5.74) is 8.27. The van der Waals surface area contributed by atoms with E-state index in [2.05, 4.69) is 55.8 Å². The van der Waals surface area contributed by atoms with Gasteiger partial charge in [-0.05, 0) is 44.7 Å². The molecule has 9 nitrogen and oxygen atoms in total. The molecule has 1 unspecified atom stereocenters. The number of urea groups is 1. The van der Waals surface area contributed by atoms with Crippen LogP contribution in [0.15, 0.2) is 24.3 Å². The maximum atomic E-state index is 11.9. The second-order valence-electron chi connectivity index (χ2n) is 9.65. The van der Waals surface area contributed by atoms with Gasteiger partial charge in [0.15, 0.2) is 0 Å². The molecule has 0 saturated carbocycles. The SMILES string of the molecule is COc1cc(NC(C)CCCNC(=O)NCCC[C@H](N)C(=O)O)c2nc(C(C)(C)C)ccc2c1. The quantitative estimate of drug-likeness (QED) is 0.297. The third-order valence-corrected chi connectivity index (χ3v) is 5.57. The molecular weight excluding hydrogens is 434 g/mol. The van der Waals surface area contributed by atoms with E-state index in [9.17, 15) is 9.59 Å². The highest BCUT2D eigenvalue weighted by molar-refractivity contribution is 5.92. The summed E-state index contributed by atoms with van der Waals surface area (Å²) in [5, 5.41) is 18.9. The number of carbonyl (C=O) groups excluding carboxylic acids is 1. The van der Waals surface area contributed by atoms with Crippen molar-refractivity contribution >= 4 is 28.6 Å². The average molecular weight is 474 g/mol. The molecule has 0 fully saturated rings. The first-order valence-electron chi connectivity index (χ1n) is 11.8. The average Bonchev–Trinajstić information content (AvgIpc) is 2.78. The molecule has 1 aromatic heterocycles. The number of methoxy groups -OCH3 is 1. The minimum atomic E-state index is -1.03. The number of benzene rings is 1. The van der Waals surface area contributed by atoms with Crippen LogP contribution in [0, 0.1) is 0 Å². The Bertz CT molecular complexity index is 974. The minimum absolute atomic E-state index is 0.0501. The molecule has 0 aliphatic carbocycles. The summed E-state index contributed by atoms with van der Waals surface area (Å²) in [6.07, 6.45) is 2.49. The van der Waals surface area contributed by atoms with Crippen LogP contribution in [-0.4, -0.2) is 54.4 Å². The lowest BCUT2D eigenvalue weighted by molar-refractivity contribution is -0.138. The van der Waals surface area contributed by atoms with E-state index in [4.69, 9.17) is 20.6 Å². The number of nitrogens with two attached hydrogens (primary N) is 1. The fourth-order valence-electron chi connectivity index (χ4n) is 3.51. The van der Waals surface area contributed by atoms with Crippen LogP contribution in [0.1, 0.15) is 59.1 Å². The van der Waals surface area contributed by atoms with E-state index in [1.54, 1.807) is 7.11 Å². The number of nitrogens with one attached hydrogen (secondary N) is 3. The fraction of sp³-hybridized carbons (Fsp3) is 0.560. The summed E-state index contributed by atoms with van der Waals surface area (Å²) in [6, 6.07) is 7.12. The van der Waals surface area contributed by atoms with Gasteiger partial charge in [-0.15, -0.1) is 0 Å². The van der Waals surface area contributed by atoms with Crippen molar-refractivity contribution in [2.45, 2.75) is 70.9 Å². The number of rotatable bonds is 12. The van der Waals surface area contributed by atoms with Crippen LogP contribution >= 0.6 is 0 Å². The molecule has 9 heteroatoms. The number of fused-ring (bicyclic) bond motifs is 1. The van der Waals surface area contributed by atoms with E-state index < -0.39 is 12.0 Å². The largest absolute Gasteiger partial charge is 0.497 e. The Morgan fingerprint density at radius 3 is 2.35 bits per heavy atom. The molecule has 2 aromatic rings. The topological polar surface area (TPSA) is 139 Å². The lowest BCUT2D eigenvalue weighted by atomic mass is 9.91. The molecule has 0 aliphatic rings. The Morgan fingerprint density at radius 1 is 1.12 bits per heavy atom. The highest BCUT2D eigenvalue weighted by Gasteiger charge is 2.18. The molecule has 0 aliphatic heterocycles. The number of carboxylic acid groups (broad SMARTS) is 1. The van der Waals surface area contributed by atoms with E-state index in [0.717, 1.165) is 40.9 Å². The van der Waals surface area contributed by atoms with E-state index in [0.29, 0.717) is 25.9 Å². The smallest absolute Gasteiger partial charge is 0.320 e. The number of carboxylic acids is 1. The van der Waals surface area contributed by atoms with Crippen LogP contribution in [0.5, 0.6) is 5.75 Å². The van der Waals surface area contributed by atoms with Gasteiger partial charge in [-0.3, -0.25) is 9.78 Å². The lowest BCUT2D eigenvalue weighted by Gasteiger charge is -2.21. The van der Waals surface area contributed by atoms with Gasteiger partial charge in [-0.25, -0.2) is 4.79 Å². The van der Waals surface area contributed by atoms with Crippen molar-refractivity contribution in [2.24, 2.45) is 5.73 Å². The zero-order chi connectivity index (χ0) is 25.3. The molecule has 1 heterocycles. The number of carbonyl (C=O) groups is 2. The molecule has 1 aromatic carbocycles. The van der Waals surface area contributed by atoms with Crippen LogP contribution in [0.25, 0.3) is 10.9 Å². The number of hydrogen-bond acceptors (Lipinski definition) is 6. The summed E-state index contributed by atoms with van der Waals surface area (Å²) in [7, 11) is 1.66. The van der Waals surface area contributed by atoms with Crippen molar-refractivity contribution in [3.8, 4) is 5.75 Å². The summed E-state index contributed by atoms with van der Waals surface area (Å²) in [6.45, 7) is 9.47. The molecule has 0 radical (unpaired) electrons. The van der Waals surface area contributed by atoms with E-state index in [1.165, 1.54) is 0 Å². The predicted octanol–water partition coefficient (Wildman–Crippen LogP) is 3.61. The highest BCUT2D eigenvalue weighted by Crippen LogP contribution is 2.31. The monoisotopic (exact) mass is 473 g/mol. The molecule has 0 saturated heterocycles. The van der Waals surface area contributed by atoms with Gasteiger partial charge >= 0.3 is 12.0 Å². The van der Waals surface area contributed by atoms with Crippen molar-refractivity contribution in [1.82, 2.24) is 15.6 Å². The van der Waals surface area contributed by atoms with Crippen LogP contribution in [0.2, 0.25) is 0 Å². The second kappa shape index (κ2) is 12.4.